The highest BCUT2D eigenvalue weighted by atomic mass is 32.2. The lowest BCUT2D eigenvalue weighted by Gasteiger charge is -2.18. The van der Waals surface area contributed by atoms with Gasteiger partial charge in [0.2, 0.25) is 0 Å². The van der Waals surface area contributed by atoms with Gasteiger partial charge in [-0.3, -0.25) is 19.4 Å². The number of amides is 2. The van der Waals surface area contributed by atoms with Crippen LogP contribution >= 0.6 is 48.0 Å². The zero-order chi connectivity index (χ0) is 17.3. The van der Waals surface area contributed by atoms with Gasteiger partial charge in [-0.1, -0.05) is 60.6 Å². The largest absolute Gasteiger partial charge is 0.293 e. The predicted molar refractivity (Wildman–Crippen MR) is 109 cm³/mol. The number of thiocarbonyl (C=S) groups is 2. The quantitative estimate of drug-likeness (QED) is 0.733. The lowest BCUT2D eigenvalue weighted by atomic mass is 10.0. The molecule has 0 aromatic heterocycles. The van der Waals surface area contributed by atoms with Crippen LogP contribution in [0.15, 0.2) is 24.8 Å². The van der Waals surface area contributed by atoms with E-state index in [1.165, 1.54) is 23.5 Å². The highest BCUT2D eigenvalue weighted by molar-refractivity contribution is 8.23. The van der Waals surface area contributed by atoms with Gasteiger partial charge in [-0.2, -0.15) is 0 Å². The fraction of sp³-hybridized carbons (Fsp3) is 0.250. The van der Waals surface area contributed by atoms with Crippen LogP contribution in [-0.2, 0) is 0 Å². The van der Waals surface area contributed by atoms with Gasteiger partial charge in [0.05, 0.1) is 0 Å². The number of carbonyl (C=O) groups excluding carboxylic acids is 2. The number of thioether (sulfide) groups is 2. The van der Waals surface area contributed by atoms with E-state index >= 15 is 0 Å². The van der Waals surface area contributed by atoms with Gasteiger partial charge >= 0.3 is 0 Å². The number of benzene rings is 1. The van der Waals surface area contributed by atoms with Crippen molar-refractivity contribution in [2.45, 2.75) is 0 Å². The standard InChI is InChI=1S/C16H14N2O2S4/c1-2-10-7-11(13(19)17-3-5-23-15(17)21)9-12(8-10)14(20)18-4-6-24-16(18)22/h2,7-9H,1,3-6H2. The fourth-order valence-electron chi connectivity index (χ4n) is 2.48. The molecule has 2 aliphatic heterocycles. The van der Waals surface area contributed by atoms with Crippen LogP contribution in [0.1, 0.15) is 26.3 Å². The van der Waals surface area contributed by atoms with Crippen molar-refractivity contribution in [1.29, 1.82) is 0 Å². The van der Waals surface area contributed by atoms with Crippen LogP contribution in [0, 0.1) is 0 Å². The Balaban J connectivity index is 1.95. The van der Waals surface area contributed by atoms with Gasteiger partial charge in [-0.05, 0) is 23.8 Å². The Morgan fingerprint density at radius 3 is 1.75 bits per heavy atom. The second-order valence-electron chi connectivity index (χ2n) is 5.19. The van der Waals surface area contributed by atoms with Crippen LogP contribution in [0.2, 0.25) is 0 Å². The molecule has 0 N–H and O–H groups in total. The van der Waals surface area contributed by atoms with Crippen molar-refractivity contribution in [3.63, 3.8) is 0 Å². The normalized spacial score (nSPS) is 17.5. The molecule has 2 saturated heterocycles. The van der Waals surface area contributed by atoms with Gasteiger partial charge in [-0.25, -0.2) is 0 Å². The van der Waals surface area contributed by atoms with Crippen LogP contribution in [0.25, 0.3) is 6.08 Å². The zero-order valence-electron chi connectivity index (χ0n) is 12.7. The average molecular weight is 395 g/mol. The van der Waals surface area contributed by atoms with Crippen molar-refractivity contribution >= 4 is 74.5 Å². The molecule has 2 fully saturated rings. The van der Waals surface area contributed by atoms with Gasteiger partial charge in [0.25, 0.3) is 11.8 Å². The van der Waals surface area contributed by atoms with Gasteiger partial charge < -0.3 is 0 Å². The highest BCUT2D eigenvalue weighted by Crippen LogP contribution is 2.24. The predicted octanol–water partition coefficient (Wildman–Crippen LogP) is 3.28. The molecule has 0 saturated carbocycles. The summed E-state index contributed by atoms with van der Waals surface area (Å²) < 4.78 is 1.16. The van der Waals surface area contributed by atoms with E-state index < -0.39 is 0 Å². The first-order valence-electron chi connectivity index (χ1n) is 7.26. The number of hydrogen-bond donors (Lipinski definition) is 0. The topological polar surface area (TPSA) is 40.6 Å². The first kappa shape index (κ1) is 17.6. The summed E-state index contributed by atoms with van der Waals surface area (Å²) in [4.78, 5) is 28.6. The average Bonchev–Trinajstić information content (AvgIpc) is 3.21. The van der Waals surface area contributed by atoms with Crippen molar-refractivity contribution in [3.8, 4) is 0 Å². The minimum absolute atomic E-state index is 0.180. The molecule has 0 radical (unpaired) electrons. The Hall–Kier alpha value is -1.22. The van der Waals surface area contributed by atoms with Crippen LogP contribution in [0.5, 0.6) is 0 Å². The lowest BCUT2D eigenvalue weighted by molar-refractivity contribution is 0.0861. The first-order valence-corrected chi connectivity index (χ1v) is 10.0. The van der Waals surface area contributed by atoms with E-state index in [1.807, 2.05) is 0 Å². The Morgan fingerprint density at radius 2 is 1.42 bits per heavy atom. The molecule has 2 heterocycles. The number of carbonyl (C=O) groups is 2. The third-order valence-corrected chi connectivity index (χ3v) is 6.55. The second-order valence-corrected chi connectivity index (χ2v) is 8.65. The molecule has 4 nitrogen and oxygen atoms in total. The molecule has 124 valence electrons. The van der Waals surface area contributed by atoms with Crippen LogP contribution in [0.4, 0.5) is 0 Å². The molecule has 2 amide bonds. The molecule has 1 aromatic rings. The zero-order valence-corrected chi connectivity index (χ0v) is 16.0. The first-order chi connectivity index (χ1) is 11.5. The van der Waals surface area contributed by atoms with Crippen LogP contribution in [0.3, 0.4) is 0 Å². The maximum atomic E-state index is 12.7. The number of rotatable bonds is 3. The van der Waals surface area contributed by atoms with E-state index in [-0.39, 0.29) is 11.8 Å². The fourth-order valence-corrected chi connectivity index (χ4v) is 4.89. The van der Waals surface area contributed by atoms with E-state index in [2.05, 4.69) is 6.58 Å². The molecule has 1 aromatic carbocycles. The Bertz CT molecular complexity index is 706. The molecule has 0 spiro atoms. The van der Waals surface area contributed by atoms with E-state index in [0.29, 0.717) is 32.9 Å². The van der Waals surface area contributed by atoms with E-state index in [4.69, 9.17) is 24.4 Å². The smallest absolute Gasteiger partial charge is 0.259 e. The summed E-state index contributed by atoms with van der Waals surface area (Å²) in [5, 5.41) is 0. The van der Waals surface area contributed by atoms with Gasteiger partial charge in [0.1, 0.15) is 8.64 Å². The molecule has 0 aliphatic carbocycles. The Morgan fingerprint density at radius 1 is 0.958 bits per heavy atom. The van der Waals surface area contributed by atoms with Crippen molar-refractivity contribution in [3.05, 3.63) is 41.5 Å². The Kier molecular flexibility index (Phi) is 5.39. The molecule has 3 rings (SSSR count). The maximum Gasteiger partial charge on any atom is 0.259 e. The van der Waals surface area contributed by atoms with Crippen molar-refractivity contribution in [1.82, 2.24) is 9.80 Å². The van der Waals surface area contributed by atoms with Crippen LogP contribution in [-0.4, -0.2) is 54.9 Å². The third kappa shape index (κ3) is 3.42. The van der Waals surface area contributed by atoms with E-state index in [9.17, 15) is 9.59 Å². The molecule has 8 heteroatoms. The minimum Gasteiger partial charge on any atom is -0.293 e. The third-order valence-electron chi connectivity index (χ3n) is 3.70. The van der Waals surface area contributed by atoms with Gasteiger partial charge in [0.15, 0.2) is 0 Å². The van der Waals surface area contributed by atoms with Crippen molar-refractivity contribution in [2.24, 2.45) is 0 Å². The summed E-state index contributed by atoms with van der Waals surface area (Å²) in [6.45, 7) is 4.94. The molecule has 0 atom stereocenters. The van der Waals surface area contributed by atoms with Crippen LogP contribution < -0.4 is 0 Å². The van der Waals surface area contributed by atoms with E-state index in [0.717, 1.165) is 17.1 Å². The monoisotopic (exact) mass is 394 g/mol. The number of hydrogen-bond acceptors (Lipinski definition) is 6. The second kappa shape index (κ2) is 7.35. The SMILES string of the molecule is C=Cc1cc(C(=O)N2CCSC2=S)cc(C(=O)N2CCSC2=S)c1. The van der Waals surface area contributed by atoms with E-state index in [1.54, 1.807) is 34.1 Å². The van der Waals surface area contributed by atoms with Gasteiger partial charge in [-0.15, -0.1) is 0 Å². The molecule has 0 bridgehead atoms. The number of nitrogens with zero attached hydrogens (tertiary/aromatic N) is 2. The maximum absolute atomic E-state index is 12.7. The summed E-state index contributed by atoms with van der Waals surface area (Å²) in [5.74, 6) is 1.25. The highest BCUT2D eigenvalue weighted by Gasteiger charge is 2.28. The summed E-state index contributed by atoms with van der Waals surface area (Å²) in [5.41, 5.74) is 1.61. The summed E-state index contributed by atoms with van der Waals surface area (Å²) in [6, 6.07) is 5.08. The van der Waals surface area contributed by atoms with Crippen molar-refractivity contribution in [2.75, 3.05) is 24.6 Å². The summed E-state index contributed by atoms with van der Waals surface area (Å²) in [6.07, 6.45) is 1.63. The summed E-state index contributed by atoms with van der Waals surface area (Å²) >= 11 is 13.4. The molecule has 0 unspecified atom stereocenters. The molecular formula is C16H14N2O2S4. The lowest BCUT2D eigenvalue weighted by Crippen LogP contribution is -2.32. The molecule has 2 aliphatic rings. The molecule has 24 heavy (non-hydrogen) atoms. The van der Waals surface area contributed by atoms with Crippen molar-refractivity contribution < 1.29 is 9.59 Å². The summed E-state index contributed by atoms with van der Waals surface area (Å²) in [7, 11) is 0. The minimum atomic E-state index is -0.180. The molecular weight excluding hydrogens is 380 g/mol. The Labute approximate surface area is 159 Å². The van der Waals surface area contributed by atoms with Gasteiger partial charge in [0, 0.05) is 35.7 Å².